The zero-order valence-electron chi connectivity index (χ0n) is 11.8. The van der Waals surface area contributed by atoms with Gasteiger partial charge in [-0.2, -0.15) is 4.98 Å². The van der Waals surface area contributed by atoms with Gasteiger partial charge < -0.3 is 15.0 Å². The molecule has 0 unspecified atom stereocenters. The van der Waals surface area contributed by atoms with Gasteiger partial charge in [0, 0.05) is 32.6 Å². The molecule has 1 aromatic rings. The van der Waals surface area contributed by atoms with Gasteiger partial charge >= 0.3 is 0 Å². The topological polar surface area (TPSA) is 53.5 Å². The summed E-state index contributed by atoms with van der Waals surface area (Å²) in [5.74, 6) is 0.836. The smallest absolute Gasteiger partial charge is 0.227 e. The van der Waals surface area contributed by atoms with Gasteiger partial charge in [-0.25, -0.2) is 9.37 Å². The summed E-state index contributed by atoms with van der Waals surface area (Å²) in [7, 11) is 3.79. The van der Waals surface area contributed by atoms with Crippen molar-refractivity contribution in [3.05, 3.63) is 12.0 Å². The van der Waals surface area contributed by atoms with Crippen molar-refractivity contribution in [1.82, 2.24) is 14.9 Å². The van der Waals surface area contributed by atoms with Gasteiger partial charge in [-0.05, 0) is 7.05 Å². The van der Waals surface area contributed by atoms with E-state index in [-0.39, 0.29) is 5.82 Å². The van der Waals surface area contributed by atoms with Crippen molar-refractivity contribution >= 4 is 11.8 Å². The van der Waals surface area contributed by atoms with Gasteiger partial charge in [-0.3, -0.25) is 4.90 Å². The molecule has 2 fully saturated rings. The van der Waals surface area contributed by atoms with E-state index in [1.165, 1.54) is 6.20 Å². The molecule has 2 atom stereocenters. The molecule has 6 nitrogen and oxygen atoms in total. The molecule has 0 aliphatic carbocycles. The van der Waals surface area contributed by atoms with E-state index in [0.717, 1.165) is 32.8 Å². The molecule has 0 spiro atoms. The highest BCUT2D eigenvalue weighted by molar-refractivity contribution is 5.42. The number of halogens is 1. The molecule has 110 valence electrons. The minimum absolute atomic E-state index is 0.244. The van der Waals surface area contributed by atoms with E-state index in [2.05, 4.69) is 32.1 Å². The van der Waals surface area contributed by atoms with Crippen molar-refractivity contribution in [2.24, 2.45) is 5.92 Å². The number of nitrogens with zero attached hydrogens (tertiary/aromatic N) is 4. The van der Waals surface area contributed by atoms with Crippen LogP contribution in [0, 0.1) is 11.7 Å². The Morgan fingerprint density at radius 1 is 1.35 bits per heavy atom. The lowest BCUT2D eigenvalue weighted by Gasteiger charge is -2.29. The van der Waals surface area contributed by atoms with Gasteiger partial charge in [0.05, 0.1) is 25.5 Å². The van der Waals surface area contributed by atoms with Crippen LogP contribution in [0.25, 0.3) is 0 Å². The highest BCUT2D eigenvalue weighted by Crippen LogP contribution is 2.22. The summed E-state index contributed by atoms with van der Waals surface area (Å²) in [5.41, 5.74) is 0. The molecule has 0 aromatic carbocycles. The van der Waals surface area contributed by atoms with E-state index in [1.807, 2.05) is 0 Å². The third-order valence-electron chi connectivity index (χ3n) is 3.99. The fourth-order valence-corrected chi connectivity index (χ4v) is 2.90. The van der Waals surface area contributed by atoms with Gasteiger partial charge in [0.1, 0.15) is 0 Å². The Kier molecular flexibility index (Phi) is 3.71. The third-order valence-corrected chi connectivity index (χ3v) is 3.99. The normalized spacial score (nSPS) is 27.2. The molecule has 0 saturated carbocycles. The first-order valence-electron chi connectivity index (χ1n) is 6.90. The van der Waals surface area contributed by atoms with Crippen molar-refractivity contribution in [3.63, 3.8) is 0 Å². The van der Waals surface area contributed by atoms with Crippen molar-refractivity contribution < 1.29 is 9.13 Å². The van der Waals surface area contributed by atoms with Crippen LogP contribution in [0.1, 0.15) is 0 Å². The molecule has 2 bridgehead atoms. The number of hydrogen-bond donors (Lipinski definition) is 1. The zero-order valence-corrected chi connectivity index (χ0v) is 11.8. The fourth-order valence-electron chi connectivity index (χ4n) is 2.90. The van der Waals surface area contributed by atoms with E-state index in [9.17, 15) is 4.39 Å². The number of likely N-dealkylation sites (N-methyl/N-ethyl adjacent to an activating group) is 1. The quantitative estimate of drug-likeness (QED) is 0.848. The number of fused-ring (bicyclic) bond motifs is 3. The van der Waals surface area contributed by atoms with E-state index in [4.69, 9.17) is 4.74 Å². The molecule has 0 amide bonds. The third kappa shape index (κ3) is 2.55. The standard InChI is InChI=1S/C13H20FN5O/c1-15-12-11(14)3-16-13(17-12)19-5-9-4-18(2)10(6-19)8-20-7-9/h3,9-10H,4-8H2,1-2H3,(H,15,16,17)/t9-,10+/m1/s1. The highest BCUT2D eigenvalue weighted by Gasteiger charge is 2.32. The summed E-state index contributed by atoms with van der Waals surface area (Å²) in [4.78, 5) is 12.9. The van der Waals surface area contributed by atoms with E-state index < -0.39 is 5.82 Å². The second-order valence-corrected chi connectivity index (χ2v) is 5.52. The van der Waals surface area contributed by atoms with Crippen LogP contribution in [0.4, 0.5) is 16.2 Å². The Hall–Kier alpha value is -1.47. The van der Waals surface area contributed by atoms with Crippen LogP contribution in [-0.4, -0.2) is 67.9 Å². The van der Waals surface area contributed by atoms with E-state index in [0.29, 0.717) is 17.9 Å². The second kappa shape index (κ2) is 5.49. The predicted octanol–water partition coefficient (Wildman–Crippen LogP) is 0.424. The lowest BCUT2D eigenvalue weighted by atomic mass is 10.1. The van der Waals surface area contributed by atoms with Crippen molar-refractivity contribution in [3.8, 4) is 0 Å². The average molecular weight is 281 g/mol. The maximum atomic E-state index is 13.5. The summed E-state index contributed by atoms with van der Waals surface area (Å²) in [6, 6.07) is 0.328. The summed E-state index contributed by atoms with van der Waals surface area (Å²) in [6.45, 7) is 4.15. The molecular formula is C13H20FN5O. The Labute approximate surface area is 117 Å². The Morgan fingerprint density at radius 3 is 3.00 bits per heavy atom. The van der Waals surface area contributed by atoms with Crippen LogP contribution < -0.4 is 10.2 Å². The fraction of sp³-hybridized carbons (Fsp3) is 0.692. The molecule has 1 N–H and O–H groups in total. The van der Waals surface area contributed by atoms with Gasteiger partial charge in [-0.1, -0.05) is 0 Å². The van der Waals surface area contributed by atoms with E-state index >= 15 is 0 Å². The predicted molar refractivity (Wildman–Crippen MR) is 74.5 cm³/mol. The maximum absolute atomic E-state index is 13.5. The Bertz CT molecular complexity index is 486. The van der Waals surface area contributed by atoms with Gasteiger partial charge in [0.25, 0.3) is 0 Å². The van der Waals surface area contributed by atoms with E-state index in [1.54, 1.807) is 7.05 Å². The molecule has 3 rings (SSSR count). The van der Waals surface area contributed by atoms with Crippen LogP contribution >= 0.6 is 0 Å². The zero-order chi connectivity index (χ0) is 14.1. The Balaban J connectivity index is 1.86. The first kappa shape index (κ1) is 13.5. The average Bonchev–Trinajstić information content (AvgIpc) is 2.68. The molecule has 2 aliphatic heterocycles. The van der Waals surface area contributed by atoms with Crippen LogP contribution in [0.2, 0.25) is 0 Å². The molecule has 3 heterocycles. The number of nitrogens with one attached hydrogen (secondary N) is 1. The van der Waals surface area contributed by atoms with Crippen LogP contribution in [-0.2, 0) is 4.74 Å². The van der Waals surface area contributed by atoms with Gasteiger partial charge in [-0.15, -0.1) is 0 Å². The van der Waals surface area contributed by atoms with Crippen LogP contribution in [0.15, 0.2) is 6.20 Å². The molecule has 1 aromatic heterocycles. The molecule has 20 heavy (non-hydrogen) atoms. The summed E-state index contributed by atoms with van der Waals surface area (Å²) >= 11 is 0. The first-order chi connectivity index (χ1) is 9.67. The van der Waals surface area contributed by atoms with Crippen LogP contribution in [0.5, 0.6) is 0 Å². The number of anilines is 2. The second-order valence-electron chi connectivity index (χ2n) is 5.52. The first-order valence-corrected chi connectivity index (χ1v) is 6.90. The minimum Gasteiger partial charge on any atom is -0.379 e. The largest absolute Gasteiger partial charge is 0.379 e. The highest BCUT2D eigenvalue weighted by atomic mass is 19.1. The summed E-state index contributed by atoms with van der Waals surface area (Å²) < 4.78 is 19.2. The molecule has 0 radical (unpaired) electrons. The van der Waals surface area contributed by atoms with Gasteiger partial charge in [0.15, 0.2) is 11.6 Å². The molecule has 2 aliphatic rings. The SMILES string of the molecule is CNc1nc(N2C[C@@H]3COC[C@H](C2)N(C)C3)ncc1F. The number of ether oxygens (including phenoxy) is 1. The molecule has 2 saturated heterocycles. The summed E-state index contributed by atoms with van der Waals surface area (Å²) in [5, 5.41) is 2.76. The maximum Gasteiger partial charge on any atom is 0.227 e. The van der Waals surface area contributed by atoms with Crippen molar-refractivity contribution in [2.45, 2.75) is 6.04 Å². The number of aromatic nitrogens is 2. The minimum atomic E-state index is -0.424. The van der Waals surface area contributed by atoms with Crippen LogP contribution in [0.3, 0.4) is 0 Å². The summed E-state index contributed by atoms with van der Waals surface area (Å²) in [6.07, 6.45) is 1.23. The van der Waals surface area contributed by atoms with Crippen molar-refractivity contribution in [1.29, 1.82) is 0 Å². The lowest BCUT2D eigenvalue weighted by molar-refractivity contribution is 0.0928. The Morgan fingerprint density at radius 2 is 2.20 bits per heavy atom. The monoisotopic (exact) mass is 281 g/mol. The molecular weight excluding hydrogens is 261 g/mol. The number of rotatable bonds is 2. The number of hydrogen-bond acceptors (Lipinski definition) is 6. The molecule has 7 heteroatoms. The van der Waals surface area contributed by atoms with Crippen molar-refractivity contribution in [2.75, 3.05) is 57.2 Å². The lowest BCUT2D eigenvalue weighted by Crippen LogP contribution is -2.43. The van der Waals surface area contributed by atoms with Gasteiger partial charge in [0.2, 0.25) is 5.95 Å².